The molecule has 3 N–H and O–H groups in total. The number of hydrogen-bond donors (Lipinski definition) is 2. The van der Waals surface area contributed by atoms with Gasteiger partial charge in [-0.25, -0.2) is 18.2 Å². The van der Waals surface area contributed by atoms with Gasteiger partial charge in [0.2, 0.25) is 0 Å². The standard InChI is InChI=1S/C8H10NO2.C5H5.Ru/c9-7(8(10)11)5-6-3-1-2-4-6;1-2-4-5-3-1;/h1-4,7H,5,9H2,(H,10,11);1-5H;/q2*-1;+2. The van der Waals surface area contributed by atoms with Crippen LogP contribution in [0.5, 0.6) is 0 Å². The third-order valence-electron chi connectivity index (χ3n) is 2.06. The molecule has 0 saturated carbocycles. The van der Waals surface area contributed by atoms with Crippen molar-refractivity contribution in [1.82, 2.24) is 0 Å². The van der Waals surface area contributed by atoms with E-state index in [0.29, 0.717) is 6.42 Å². The van der Waals surface area contributed by atoms with E-state index in [-0.39, 0.29) is 19.5 Å². The second-order valence-corrected chi connectivity index (χ2v) is 3.40. The van der Waals surface area contributed by atoms with Gasteiger partial charge in [0, 0.05) is 0 Å². The maximum Gasteiger partial charge on any atom is 2.00 e. The largest absolute Gasteiger partial charge is 2.00 e. The van der Waals surface area contributed by atoms with E-state index in [0.717, 1.165) is 5.56 Å². The van der Waals surface area contributed by atoms with Crippen LogP contribution in [0.2, 0.25) is 0 Å². The Bertz CT molecular complexity index is 364. The monoisotopic (exact) mass is 319 g/mol. The van der Waals surface area contributed by atoms with Gasteiger partial charge < -0.3 is 10.8 Å². The van der Waals surface area contributed by atoms with E-state index in [9.17, 15) is 4.79 Å². The van der Waals surface area contributed by atoms with Gasteiger partial charge in [0.1, 0.15) is 0 Å². The number of hydrogen-bond acceptors (Lipinski definition) is 2. The Morgan fingerprint density at radius 3 is 2.29 bits per heavy atom. The summed E-state index contributed by atoms with van der Waals surface area (Å²) < 4.78 is 0. The van der Waals surface area contributed by atoms with Gasteiger partial charge in [-0.1, -0.05) is 6.42 Å². The van der Waals surface area contributed by atoms with Crippen molar-refractivity contribution in [2.45, 2.75) is 12.5 Å². The molecule has 0 spiro atoms. The summed E-state index contributed by atoms with van der Waals surface area (Å²) in [5.74, 6) is -0.953. The minimum Gasteiger partial charge on any atom is -0.480 e. The van der Waals surface area contributed by atoms with Gasteiger partial charge in [-0.3, -0.25) is 4.79 Å². The summed E-state index contributed by atoms with van der Waals surface area (Å²) in [6.45, 7) is 0. The quantitative estimate of drug-likeness (QED) is 0.669. The second-order valence-electron chi connectivity index (χ2n) is 3.40. The summed E-state index contributed by atoms with van der Waals surface area (Å²) in [7, 11) is 0. The van der Waals surface area contributed by atoms with E-state index in [1.54, 1.807) is 0 Å². The molecule has 0 amide bonds. The van der Waals surface area contributed by atoms with Gasteiger partial charge in [-0.05, 0) is 0 Å². The SMILES string of the molecule is NC(Cc1cc[cH-]c1)C(=O)O.[Ru+2].c1cc[cH-]c1. The molecule has 0 saturated heterocycles. The fourth-order valence-electron chi connectivity index (χ4n) is 1.21. The molecule has 0 fully saturated rings. The zero-order chi connectivity index (χ0) is 11.8. The van der Waals surface area contributed by atoms with Crippen molar-refractivity contribution < 1.29 is 29.4 Å². The van der Waals surface area contributed by atoms with Crippen LogP contribution in [0.1, 0.15) is 5.56 Å². The average molecular weight is 318 g/mol. The molecule has 92 valence electrons. The van der Waals surface area contributed by atoms with E-state index in [1.807, 2.05) is 54.6 Å². The molecule has 3 nitrogen and oxygen atoms in total. The third kappa shape index (κ3) is 6.82. The Morgan fingerprint density at radius 1 is 1.29 bits per heavy atom. The first-order valence-electron chi connectivity index (χ1n) is 5.06. The molecule has 0 aromatic heterocycles. The van der Waals surface area contributed by atoms with Crippen molar-refractivity contribution in [2.24, 2.45) is 5.73 Å². The molecule has 0 aliphatic carbocycles. The van der Waals surface area contributed by atoms with Gasteiger partial charge in [-0.2, -0.15) is 42.0 Å². The van der Waals surface area contributed by atoms with Gasteiger partial charge in [0.05, 0.1) is 6.04 Å². The molecule has 1 unspecified atom stereocenters. The number of nitrogens with two attached hydrogens (primary N) is 1. The summed E-state index contributed by atoms with van der Waals surface area (Å²) >= 11 is 0. The normalized spacial score (nSPS) is 10.6. The molecule has 0 heterocycles. The van der Waals surface area contributed by atoms with E-state index in [1.165, 1.54) is 0 Å². The molecule has 0 radical (unpaired) electrons. The number of aliphatic carboxylic acids is 1. The average Bonchev–Trinajstić information content (AvgIpc) is 2.92. The van der Waals surface area contributed by atoms with E-state index >= 15 is 0 Å². The summed E-state index contributed by atoms with van der Waals surface area (Å²) in [5.41, 5.74) is 6.28. The first-order chi connectivity index (χ1) is 7.70. The van der Waals surface area contributed by atoms with Crippen molar-refractivity contribution in [3.8, 4) is 0 Å². The maximum absolute atomic E-state index is 10.3. The molecule has 0 aliphatic heterocycles. The van der Waals surface area contributed by atoms with Crippen molar-refractivity contribution in [3.63, 3.8) is 0 Å². The van der Waals surface area contributed by atoms with Gasteiger partial charge in [0.15, 0.2) is 0 Å². The topological polar surface area (TPSA) is 63.3 Å². The summed E-state index contributed by atoms with van der Waals surface area (Å²) in [4.78, 5) is 10.3. The second kappa shape index (κ2) is 8.85. The molecule has 0 aliphatic rings. The van der Waals surface area contributed by atoms with Crippen LogP contribution in [0.3, 0.4) is 0 Å². The first-order valence-corrected chi connectivity index (χ1v) is 5.06. The number of rotatable bonds is 3. The van der Waals surface area contributed by atoms with Crippen LogP contribution in [0.25, 0.3) is 0 Å². The zero-order valence-corrected chi connectivity index (χ0v) is 11.0. The van der Waals surface area contributed by atoms with E-state index in [2.05, 4.69) is 0 Å². The smallest absolute Gasteiger partial charge is 0.480 e. The van der Waals surface area contributed by atoms with Crippen LogP contribution in [-0.4, -0.2) is 17.1 Å². The van der Waals surface area contributed by atoms with Crippen LogP contribution in [0.15, 0.2) is 54.6 Å². The Labute approximate surface area is 114 Å². The predicted molar refractivity (Wildman–Crippen MR) is 63.4 cm³/mol. The minimum atomic E-state index is -0.953. The van der Waals surface area contributed by atoms with Crippen molar-refractivity contribution in [3.05, 3.63) is 60.2 Å². The Morgan fingerprint density at radius 2 is 1.94 bits per heavy atom. The Balaban J connectivity index is 0.000000360. The van der Waals surface area contributed by atoms with Crippen LogP contribution in [-0.2, 0) is 30.7 Å². The van der Waals surface area contributed by atoms with E-state index < -0.39 is 12.0 Å². The maximum atomic E-state index is 10.3. The molecular weight excluding hydrogens is 303 g/mol. The predicted octanol–water partition coefficient (Wildman–Crippen LogP) is 1.76. The van der Waals surface area contributed by atoms with Crippen LogP contribution < -0.4 is 5.73 Å². The molecular formula is C13H15NO2Ru. The van der Waals surface area contributed by atoms with Crippen molar-refractivity contribution in [2.75, 3.05) is 0 Å². The van der Waals surface area contributed by atoms with Crippen molar-refractivity contribution >= 4 is 5.97 Å². The molecule has 2 aromatic carbocycles. The third-order valence-corrected chi connectivity index (χ3v) is 2.06. The van der Waals surface area contributed by atoms with Crippen molar-refractivity contribution in [1.29, 1.82) is 0 Å². The van der Waals surface area contributed by atoms with Crippen LogP contribution >= 0.6 is 0 Å². The summed E-state index contributed by atoms with van der Waals surface area (Å²) in [6.07, 6.45) is 0.405. The van der Waals surface area contributed by atoms with Crippen LogP contribution in [0.4, 0.5) is 0 Å². The van der Waals surface area contributed by atoms with Gasteiger partial charge in [-0.15, -0.1) is 0 Å². The molecule has 1 atom stereocenters. The number of carboxylic acids is 1. The molecule has 2 rings (SSSR count). The van der Waals surface area contributed by atoms with E-state index in [4.69, 9.17) is 10.8 Å². The van der Waals surface area contributed by atoms with Gasteiger partial charge >= 0.3 is 25.4 Å². The fraction of sp³-hybridized carbons (Fsp3) is 0.154. The Hall–Kier alpha value is -1.25. The zero-order valence-electron chi connectivity index (χ0n) is 9.27. The Kier molecular flexibility index (Phi) is 8.20. The first kappa shape index (κ1) is 15.8. The molecule has 17 heavy (non-hydrogen) atoms. The fourth-order valence-corrected chi connectivity index (χ4v) is 1.21. The molecule has 0 bridgehead atoms. The summed E-state index contributed by atoms with van der Waals surface area (Å²) in [6, 6.07) is 16.7. The van der Waals surface area contributed by atoms with Gasteiger partial charge in [0.25, 0.3) is 0 Å². The number of carboxylic acid groups (broad SMARTS) is 1. The number of carbonyl (C=O) groups is 1. The summed E-state index contributed by atoms with van der Waals surface area (Å²) in [5, 5.41) is 8.46. The molecule has 2 aromatic rings. The molecule has 4 heteroatoms. The minimum absolute atomic E-state index is 0. The van der Waals surface area contributed by atoms with Crippen LogP contribution in [0, 0.1) is 0 Å².